The van der Waals surface area contributed by atoms with Crippen molar-refractivity contribution < 1.29 is 13.2 Å². The Labute approximate surface area is 112 Å². The smallest absolute Gasteiger partial charge is 0.169 e. The van der Waals surface area contributed by atoms with Crippen LogP contribution in [-0.2, 0) is 0 Å². The molecule has 0 bridgehead atoms. The molecule has 1 aromatic rings. The number of hydrogen-bond acceptors (Lipinski definition) is 1. The highest BCUT2D eigenvalue weighted by Crippen LogP contribution is 2.47. The summed E-state index contributed by atoms with van der Waals surface area (Å²) in [6.45, 7) is 0. The molecule has 0 fully saturated rings. The molecule has 86 valence electrons. The van der Waals surface area contributed by atoms with Crippen LogP contribution < -0.4 is 0 Å². The van der Waals surface area contributed by atoms with Crippen molar-refractivity contribution in [1.82, 2.24) is 0 Å². The summed E-state index contributed by atoms with van der Waals surface area (Å²) in [6, 6.07) is 5.30. The Morgan fingerprint density at radius 1 is 1.19 bits per heavy atom. The summed E-state index contributed by atoms with van der Waals surface area (Å²) in [5.74, 6) is 0. The molecule has 1 aliphatic rings. The molecule has 0 amide bonds. The van der Waals surface area contributed by atoms with Gasteiger partial charge in [-0.3, -0.25) is 0 Å². The third kappa shape index (κ3) is 2.49. The highest BCUT2D eigenvalue weighted by atomic mass is 79.9. The van der Waals surface area contributed by atoms with Gasteiger partial charge in [0.25, 0.3) is 0 Å². The van der Waals surface area contributed by atoms with Crippen LogP contribution in [0.5, 0.6) is 0 Å². The molecule has 0 N–H and O–H groups in total. The van der Waals surface area contributed by atoms with Crippen molar-refractivity contribution in [3.63, 3.8) is 0 Å². The molecule has 0 aliphatic carbocycles. The predicted molar refractivity (Wildman–Crippen MR) is 66.7 cm³/mol. The second kappa shape index (κ2) is 4.38. The molecule has 2 rings (SSSR count). The molecule has 1 aromatic carbocycles. The van der Waals surface area contributed by atoms with Gasteiger partial charge in [0.05, 0.1) is 0 Å². The van der Waals surface area contributed by atoms with E-state index < -0.39 is 11.4 Å². The maximum atomic E-state index is 12.7. The van der Waals surface area contributed by atoms with E-state index in [9.17, 15) is 13.2 Å². The minimum Gasteiger partial charge on any atom is -0.169 e. The zero-order chi connectivity index (χ0) is 11.9. The van der Waals surface area contributed by atoms with Gasteiger partial charge >= 0.3 is 6.18 Å². The van der Waals surface area contributed by atoms with Crippen molar-refractivity contribution in [3.05, 3.63) is 32.7 Å². The van der Waals surface area contributed by atoms with Gasteiger partial charge in [-0.05, 0) is 23.8 Å². The van der Waals surface area contributed by atoms with Crippen LogP contribution in [0.1, 0.15) is 5.56 Å². The zero-order valence-corrected chi connectivity index (χ0v) is 11.7. The summed E-state index contributed by atoms with van der Waals surface area (Å²) in [7, 11) is 0. The Morgan fingerprint density at radius 2 is 1.88 bits per heavy atom. The van der Waals surface area contributed by atoms with Crippen LogP contribution in [0.3, 0.4) is 0 Å². The molecule has 1 aliphatic heterocycles. The lowest BCUT2D eigenvalue weighted by Gasteiger charge is -2.24. The fraction of sp³-hybridized carbons (Fsp3) is 0.200. The topological polar surface area (TPSA) is 0 Å². The number of alkyl halides is 3. The molecule has 0 saturated carbocycles. The first kappa shape index (κ1) is 12.5. The van der Waals surface area contributed by atoms with Gasteiger partial charge in [-0.25, -0.2) is 0 Å². The lowest BCUT2D eigenvalue weighted by atomic mass is 10.2. The fourth-order valence-corrected chi connectivity index (χ4v) is 3.69. The number of rotatable bonds is 0. The van der Waals surface area contributed by atoms with E-state index in [1.165, 1.54) is 6.08 Å². The molecule has 0 spiro atoms. The molecule has 1 unspecified atom stereocenters. The Hall–Kier alpha value is 0.0600. The van der Waals surface area contributed by atoms with Crippen LogP contribution in [0.2, 0.25) is 0 Å². The Bertz CT molecular complexity index is 454. The molecule has 1 atom stereocenters. The third-order valence-corrected chi connectivity index (χ3v) is 4.91. The van der Waals surface area contributed by atoms with Crippen LogP contribution in [0, 0.1) is 0 Å². The Morgan fingerprint density at radius 3 is 2.50 bits per heavy atom. The van der Waals surface area contributed by atoms with Crippen LogP contribution in [0.15, 0.2) is 32.0 Å². The minimum atomic E-state index is -4.24. The van der Waals surface area contributed by atoms with Gasteiger partial charge < -0.3 is 0 Å². The molecule has 6 heteroatoms. The maximum Gasteiger partial charge on any atom is 0.405 e. The van der Waals surface area contributed by atoms with E-state index >= 15 is 0 Å². The van der Waals surface area contributed by atoms with Gasteiger partial charge in [0.2, 0.25) is 0 Å². The summed E-state index contributed by atoms with van der Waals surface area (Å²) < 4.78 is 39.0. The van der Waals surface area contributed by atoms with E-state index in [2.05, 4.69) is 31.9 Å². The molecule has 16 heavy (non-hydrogen) atoms. The Balaban J connectivity index is 2.43. The number of halogens is 5. The van der Waals surface area contributed by atoms with Crippen molar-refractivity contribution in [2.45, 2.75) is 16.3 Å². The zero-order valence-electron chi connectivity index (χ0n) is 7.68. The highest BCUT2D eigenvalue weighted by molar-refractivity contribution is 9.12. The van der Waals surface area contributed by atoms with E-state index in [0.717, 1.165) is 21.8 Å². The van der Waals surface area contributed by atoms with E-state index in [4.69, 9.17) is 0 Å². The summed E-state index contributed by atoms with van der Waals surface area (Å²) in [5.41, 5.74) is 0.806. The maximum absolute atomic E-state index is 12.7. The number of benzene rings is 1. The van der Waals surface area contributed by atoms with Crippen LogP contribution in [0.4, 0.5) is 13.2 Å². The normalized spacial score (nSPS) is 20.3. The standard InChI is InChI=1S/C10H5Br2F3S/c11-6-2-1-5-3-7(12)9(10(13,14)15)16-8(5)4-6/h1-4,9H. The van der Waals surface area contributed by atoms with E-state index in [1.54, 1.807) is 12.1 Å². The summed E-state index contributed by atoms with van der Waals surface area (Å²) in [6.07, 6.45) is -2.71. The van der Waals surface area contributed by atoms with Gasteiger partial charge in [0.1, 0.15) is 5.25 Å². The van der Waals surface area contributed by atoms with E-state index in [1.807, 2.05) is 6.07 Å². The first-order valence-electron chi connectivity index (χ1n) is 4.28. The molecule has 0 radical (unpaired) electrons. The molecule has 0 nitrogen and oxygen atoms in total. The molecular formula is C10H5Br2F3S. The van der Waals surface area contributed by atoms with Crippen LogP contribution in [-0.4, -0.2) is 11.4 Å². The first-order chi connectivity index (χ1) is 7.38. The molecular weight excluding hydrogens is 369 g/mol. The number of thioether (sulfide) groups is 1. The van der Waals surface area contributed by atoms with Gasteiger partial charge in [-0.2, -0.15) is 13.2 Å². The lowest BCUT2D eigenvalue weighted by molar-refractivity contribution is -0.120. The highest BCUT2D eigenvalue weighted by Gasteiger charge is 2.43. The average molecular weight is 374 g/mol. The Kier molecular flexibility index (Phi) is 3.43. The van der Waals surface area contributed by atoms with Gasteiger partial charge in [0, 0.05) is 13.9 Å². The third-order valence-electron chi connectivity index (χ3n) is 2.06. The monoisotopic (exact) mass is 372 g/mol. The summed E-state index contributed by atoms with van der Waals surface area (Å²) >= 11 is 7.05. The van der Waals surface area contributed by atoms with Gasteiger partial charge in [-0.1, -0.05) is 37.9 Å². The van der Waals surface area contributed by atoms with E-state index in [0.29, 0.717) is 4.90 Å². The lowest BCUT2D eigenvalue weighted by Crippen LogP contribution is -2.27. The van der Waals surface area contributed by atoms with Crippen molar-refractivity contribution in [3.8, 4) is 0 Å². The average Bonchev–Trinajstić information content (AvgIpc) is 2.16. The SMILES string of the molecule is FC(F)(F)C1Sc2cc(Br)ccc2C=C1Br. The quantitative estimate of drug-likeness (QED) is 0.600. The predicted octanol–water partition coefficient (Wildman–Crippen LogP) is 5.22. The minimum absolute atomic E-state index is 0.167. The van der Waals surface area contributed by atoms with Crippen molar-refractivity contribution in [2.24, 2.45) is 0 Å². The second-order valence-corrected chi connectivity index (χ2v) is 6.23. The van der Waals surface area contributed by atoms with E-state index in [-0.39, 0.29) is 4.48 Å². The molecule has 1 heterocycles. The largest absolute Gasteiger partial charge is 0.405 e. The van der Waals surface area contributed by atoms with Gasteiger partial charge in [0.15, 0.2) is 0 Å². The van der Waals surface area contributed by atoms with Crippen molar-refractivity contribution in [2.75, 3.05) is 0 Å². The van der Waals surface area contributed by atoms with Crippen molar-refractivity contribution in [1.29, 1.82) is 0 Å². The van der Waals surface area contributed by atoms with Crippen LogP contribution >= 0.6 is 43.6 Å². The number of hydrogen-bond donors (Lipinski definition) is 0. The molecule has 0 saturated heterocycles. The first-order valence-corrected chi connectivity index (χ1v) is 6.74. The van der Waals surface area contributed by atoms with Crippen LogP contribution in [0.25, 0.3) is 6.08 Å². The number of fused-ring (bicyclic) bond motifs is 1. The van der Waals surface area contributed by atoms with Gasteiger partial charge in [-0.15, -0.1) is 11.8 Å². The van der Waals surface area contributed by atoms with Crippen molar-refractivity contribution >= 4 is 49.7 Å². The fourth-order valence-electron chi connectivity index (χ4n) is 1.36. The summed E-state index contributed by atoms with van der Waals surface area (Å²) in [5, 5.41) is -1.51. The summed E-state index contributed by atoms with van der Waals surface area (Å²) in [4.78, 5) is 0.639. The second-order valence-electron chi connectivity index (χ2n) is 3.25. The molecule has 0 aromatic heterocycles.